The lowest BCUT2D eigenvalue weighted by Gasteiger charge is -2.28. The molecule has 1 aliphatic rings. The van der Waals surface area contributed by atoms with E-state index in [0.717, 1.165) is 18.7 Å². The molecule has 176 valence electrons. The van der Waals surface area contributed by atoms with Crippen LogP contribution in [0.1, 0.15) is 44.9 Å². The average molecular weight is 471 g/mol. The molecule has 2 aromatic carbocycles. The molecule has 0 bridgehead atoms. The van der Waals surface area contributed by atoms with E-state index in [2.05, 4.69) is 18.7 Å². The number of hydrogen-bond donors (Lipinski definition) is 1. The summed E-state index contributed by atoms with van der Waals surface area (Å²) in [4.78, 5) is 29.9. The number of likely N-dealkylation sites (tertiary alicyclic amines) is 1. The Morgan fingerprint density at radius 1 is 1.06 bits per heavy atom. The fourth-order valence-corrected chi connectivity index (χ4v) is 4.14. The molecule has 1 saturated heterocycles. The summed E-state index contributed by atoms with van der Waals surface area (Å²) in [5.74, 6) is -0.830. The summed E-state index contributed by atoms with van der Waals surface area (Å²) in [6, 6.07) is 13.2. The number of rotatable bonds is 9. The first-order chi connectivity index (χ1) is 15.8. The summed E-state index contributed by atoms with van der Waals surface area (Å²) >= 11 is 6.07. The van der Waals surface area contributed by atoms with Crippen molar-refractivity contribution in [1.82, 2.24) is 9.80 Å². The molecule has 0 aromatic heterocycles. The molecular formula is C26H31ClN2O4. The van der Waals surface area contributed by atoms with Gasteiger partial charge in [-0.25, -0.2) is 0 Å². The monoisotopic (exact) mass is 470 g/mol. The summed E-state index contributed by atoms with van der Waals surface area (Å²) in [5.41, 5.74) is 1.26. The molecule has 0 unspecified atom stereocenters. The third-order valence-corrected chi connectivity index (χ3v) is 6.03. The molecule has 1 aliphatic heterocycles. The number of hydrogen-bond acceptors (Lipinski definition) is 5. The van der Waals surface area contributed by atoms with Gasteiger partial charge in [0, 0.05) is 23.7 Å². The van der Waals surface area contributed by atoms with Gasteiger partial charge in [0.15, 0.2) is 0 Å². The highest BCUT2D eigenvalue weighted by Gasteiger charge is 2.45. The van der Waals surface area contributed by atoms with Gasteiger partial charge < -0.3 is 19.6 Å². The highest BCUT2D eigenvalue weighted by Crippen LogP contribution is 2.39. The smallest absolute Gasteiger partial charge is 0.295 e. The number of halogens is 1. The van der Waals surface area contributed by atoms with E-state index >= 15 is 0 Å². The lowest BCUT2D eigenvalue weighted by molar-refractivity contribution is -0.140. The summed E-state index contributed by atoms with van der Waals surface area (Å²) in [6.07, 6.45) is 0.0190. The third kappa shape index (κ3) is 5.57. The maximum atomic E-state index is 13.1. The summed E-state index contributed by atoms with van der Waals surface area (Å²) in [6.45, 7) is 10.7. The van der Waals surface area contributed by atoms with E-state index in [4.69, 9.17) is 16.3 Å². The lowest BCUT2D eigenvalue weighted by Crippen LogP contribution is -2.38. The van der Waals surface area contributed by atoms with Gasteiger partial charge in [-0.1, -0.05) is 37.6 Å². The first-order valence-corrected chi connectivity index (χ1v) is 11.7. The molecule has 6 nitrogen and oxygen atoms in total. The van der Waals surface area contributed by atoms with Crippen LogP contribution in [0.2, 0.25) is 5.02 Å². The van der Waals surface area contributed by atoms with E-state index in [-0.39, 0.29) is 17.4 Å². The number of ether oxygens (including phenoxy) is 1. The average Bonchev–Trinajstić information content (AvgIpc) is 3.05. The molecule has 0 aliphatic carbocycles. The van der Waals surface area contributed by atoms with Crippen molar-refractivity contribution in [3.8, 4) is 5.75 Å². The van der Waals surface area contributed by atoms with Crippen molar-refractivity contribution in [3.63, 3.8) is 0 Å². The van der Waals surface area contributed by atoms with E-state index in [1.165, 1.54) is 0 Å². The van der Waals surface area contributed by atoms with Crippen LogP contribution in [0.4, 0.5) is 0 Å². The number of carbonyl (C=O) groups excluding carboxylic acids is 2. The third-order valence-electron chi connectivity index (χ3n) is 5.78. The molecule has 1 heterocycles. The maximum Gasteiger partial charge on any atom is 0.295 e. The molecule has 3 rings (SSSR count). The second-order valence-electron chi connectivity index (χ2n) is 8.26. The normalized spacial score (nSPS) is 17.9. The number of aliphatic hydroxyl groups is 1. The molecule has 2 aromatic rings. The molecule has 0 spiro atoms. The van der Waals surface area contributed by atoms with Crippen molar-refractivity contribution in [2.24, 2.45) is 0 Å². The Balaban J connectivity index is 2.04. The summed E-state index contributed by atoms with van der Waals surface area (Å²) in [5, 5.41) is 11.7. The van der Waals surface area contributed by atoms with Crippen LogP contribution in [0.5, 0.6) is 5.75 Å². The van der Waals surface area contributed by atoms with Crippen LogP contribution in [-0.4, -0.2) is 58.9 Å². The second kappa shape index (κ2) is 10.9. The number of aliphatic hydroxyl groups excluding tert-OH is 1. The number of likely N-dealkylation sites (N-methyl/N-ethyl adjacent to an activating group) is 1. The Morgan fingerprint density at radius 3 is 2.21 bits per heavy atom. The summed E-state index contributed by atoms with van der Waals surface area (Å²) in [7, 11) is 0. The van der Waals surface area contributed by atoms with Crippen molar-refractivity contribution in [1.29, 1.82) is 0 Å². The molecule has 33 heavy (non-hydrogen) atoms. The van der Waals surface area contributed by atoms with Crippen molar-refractivity contribution in [3.05, 3.63) is 70.3 Å². The predicted molar refractivity (Wildman–Crippen MR) is 130 cm³/mol. The zero-order valence-electron chi connectivity index (χ0n) is 19.5. The zero-order chi connectivity index (χ0) is 24.1. The lowest BCUT2D eigenvalue weighted by atomic mass is 9.95. The van der Waals surface area contributed by atoms with Gasteiger partial charge in [0.2, 0.25) is 0 Å². The van der Waals surface area contributed by atoms with Crippen LogP contribution < -0.4 is 4.74 Å². The largest absolute Gasteiger partial charge is 0.507 e. The van der Waals surface area contributed by atoms with Crippen LogP contribution in [0.25, 0.3) is 5.76 Å². The van der Waals surface area contributed by atoms with Crippen LogP contribution in [-0.2, 0) is 9.59 Å². The number of carbonyl (C=O) groups is 2. The number of amides is 1. The van der Waals surface area contributed by atoms with Crippen LogP contribution in [0.15, 0.2) is 54.1 Å². The van der Waals surface area contributed by atoms with E-state index < -0.39 is 17.7 Å². The van der Waals surface area contributed by atoms with Crippen molar-refractivity contribution < 1.29 is 19.4 Å². The quantitative estimate of drug-likeness (QED) is 0.321. The standard InChI is InChI=1S/C26H31ClN2O4/c1-5-28(6-2)15-16-29-23(18-7-11-20(27)12-8-18)22(25(31)26(29)32)24(30)19-9-13-21(14-10-19)33-17(3)4/h7-14,17,23,30H,5-6,15-16H2,1-4H3/t23-/m0/s1. The predicted octanol–water partition coefficient (Wildman–Crippen LogP) is 4.89. The van der Waals surface area contributed by atoms with E-state index in [1.807, 2.05) is 13.8 Å². The van der Waals surface area contributed by atoms with Gasteiger partial charge >= 0.3 is 0 Å². The highest BCUT2D eigenvalue weighted by atomic mass is 35.5. The van der Waals surface area contributed by atoms with Crippen LogP contribution >= 0.6 is 11.6 Å². The van der Waals surface area contributed by atoms with E-state index in [1.54, 1.807) is 53.4 Å². The molecule has 7 heteroatoms. The van der Waals surface area contributed by atoms with E-state index in [0.29, 0.717) is 29.4 Å². The van der Waals surface area contributed by atoms with Gasteiger partial charge in [-0.15, -0.1) is 0 Å². The zero-order valence-corrected chi connectivity index (χ0v) is 20.3. The molecule has 0 radical (unpaired) electrons. The highest BCUT2D eigenvalue weighted by molar-refractivity contribution is 6.46. The van der Waals surface area contributed by atoms with Crippen LogP contribution in [0, 0.1) is 0 Å². The van der Waals surface area contributed by atoms with Gasteiger partial charge in [0.1, 0.15) is 11.5 Å². The number of benzene rings is 2. The minimum absolute atomic E-state index is 0.0190. The Labute approximate surface area is 200 Å². The first kappa shape index (κ1) is 24.8. The van der Waals surface area contributed by atoms with Crippen molar-refractivity contribution >= 4 is 29.1 Å². The van der Waals surface area contributed by atoms with Crippen molar-refractivity contribution in [2.45, 2.75) is 39.8 Å². The number of Topliss-reactive ketones (excluding diaryl/α,β-unsaturated/α-hetero) is 1. The Kier molecular flexibility index (Phi) is 8.16. The minimum atomic E-state index is -0.690. The number of ketones is 1. The van der Waals surface area contributed by atoms with Gasteiger partial charge in [0.25, 0.3) is 11.7 Å². The van der Waals surface area contributed by atoms with E-state index in [9.17, 15) is 14.7 Å². The van der Waals surface area contributed by atoms with Crippen LogP contribution in [0.3, 0.4) is 0 Å². The van der Waals surface area contributed by atoms with Gasteiger partial charge in [0.05, 0.1) is 17.7 Å². The SMILES string of the molecule is CCN(CC)CCN1C(=O)C(=O)C(=C(O)c2ccc(OC(C)C)cc2)[C@@H]1c1ccc(Cl)cc1. The molecule has 1 fully saturated rings. The Bertz CT molecular complexity index is 1010. The maximum absolute atomic E-state index is 13.1. The summed E-state index contributed by atoms with van der Waals surface area (Å²) < 4.78 is 5.66. The van der Waals surface area contributed by atoms with Crippen molar-refractivity contribution in [2.75, 3.05) is 26.2 Å². The minimum Gasteiger partial charge on any atom is -0.507 e. The fourth-order valence-electron chi connectivity index (χ4n) is 4.01. The molecule has 1 amide bonds. The first-order valence-electron chi connectivity index (χ1n) is 11.3. The molecular weight excluding hydrogens is 440 g/mol. The molecule has 1 atom stereocenters. The molecule has 1 N–H and O–H groups in total. The van der Waals surface area contributed by atoms with Gasteiger partial charge in [-0.2, -0.15) is 0 Å². The Hall–Kier alpha value is -2.83. The second-order valence-corrected chi connectivity index (χ2v) is 8.70. The van der Waals surface area contributed by atoms with Gasteiger partial charge in [-0.05, 0) is 68.9 Å². The topological polar surface area (TPSA) is 70.1 Å². The Morgan fingerprint density at radius 2 is 1.67 bits per heavy atom. The fraction of sp³-hybridized carbons (Fsp3) is 0.385. The molecule has 0 saturated carbocycles. The van der Waals surface area contributed by atoms with Gasteiger partial charge in [-0.3, -0.25) is 9.59 Å². The number of nitrogens with zero attached hydrogens (tertiary/aromatic N) is 2.